The number of rotatable bonds is 2. The zero-order valence-electron chi connectivity index (χ0n) is 8.08. The first-order valence-electron chi connectivity index (χ1n) is 4.38. The lowest BCUT2D eigenvalue weighted by Gasteiger charge is -2.26. The van der Waals surface area contributed by atoms with Crippen LogP contribution < -0.4 is 11.1 Å². The quantitative estimate of drug-likeness (QED) is 0.385. The summed E-state index contributed by atoms with van der Waals surface area (Å²) in [7, 11) is 1.60. The van der Waals surface area contributed by atoms with Crippen molar-refractivity contribution >= 4 is 5.96 Å². The van der Waals surface area contributed by atoms with Crippen molar-refractivity contribution in [3.63, 3.8) is 0 Å². The van der Waals surface area contributed by atoms with E-state index in [1.54, 1.807) is 7.05 Å². The van der Waals surface area contributed by atoms with Crippen molar-refractivity contribution in [2.24, 2.45) is 10.7 Å². The van der Waals surface area contributed by atoms with Crippen molar-refractivity contribution in [1.82, 2.24) is 5.32 Å². The zero-order valence-corrected chi connectivity index (χ0v) is 8.08. The molecule has 1 aliphatic rings. The molecule has 0 aromatic carbocycles. The first-order chi connectivity index (χ1) is 6.08. The molecular weight excluding hydrogens is 170 g/mol. The Morgan fingerprint density at radius 1 is 1.85 bits per heavy atom. The van der Waals surface area contributed by atoms with Gasteiger partial charge in [0.05, 0.1) is 6.10 Å². The number of nitrogens with zero attached hydrogens (tertiary/aromatic N) is 1. The van der Waals surface area contributed by atoms with Gasteiger partial charge in [-0.15, -0.1) is 0 Å². The summed E-state index contributed by atoms with van der Waals surface area (Å²) in [6.07, 6.45) is 0.489. The lowest BCUT2D eigenvalue weighted by atomic mass is 9.97. The predicted molar refractivity (Wildman–Crippen MR) is 50.5 cm³/mol. The minimum atomic E-state index is -0.810. The molecule has 1 fully saturated rings. The van der Waals surface area contributed by atoms with Gasteiger partial charge in [-0.3, -0.25) is 4.99 Å². The van der Waals surface area contributed by atoms with Crippen LogP contribution in [0.3, 0.4) is 0 Å². The smallest absolute Gasteiger partial charge is 0.188 e. The molecule has 76 valence electrons. The van der Waals surface area contributed by atoms with Gasteiger partial charge in [0.1, 0.15) is 5.60 Å². The molecule has 13 heavy (non-hydrogen) atoms. The Labute approximate surface area is 78.0 Å². The summed E-state index contributed by atoms with van der Waals surface area (Å²) in [6.45, 7) is 2.84. The number of hydrogen-bond donors (Lipinski definition) is 3. The Balaban J connectivity index is 2.43. The predicted octanol–water partition coefficient (Wildman–Crippen LogP) is -0.940. The molecule has 5 heteroatoms. The highest BCUT2D eigenvalue weighted by atomic mass is 16.5. The molecule has 0 spiro atoms. The number of hydrogen-bond acceptors (Lipinski definition) is 3. The molecule has 1 rings (SSSR count). The lowest BCUT2D eigenvalue weighted by molar-refractivity contribution is -0.0234. The minimum Gasteiger partial charge on any atom is -0.385 e. The maximum atomic E-state index is 10.0. The molecular formula is C8H17N3O2. The van der Waals surface area contributed by atoms with E-state index in [4.69, 9.17) is 10.5 Å². The average Bonchev–Trinajstić information content (AvgIpc) is 2.44. The average molecular weight is 187 g/mol. The second kappa shape index (κ2) is 3.93. The lowest BCUT2D eigenvalue weighted by Crippen LogP contribution is -2.49. The highest BCUT2D eigenvalue weighted by Gasteiger charge is 2.39. The van der Waals surface area contributed by atoms with Crippen molar-refractivity contribution < 1.29 is 9.84 Å². The largest absolute Gasteiger partial charge is 0.385 e. The van der Waals surface area contributed by atoms with Gasteiger partial charge in [-0.2, -0.15) is 0 Å². The molecule has 1 saturated heterocycles. The van der Waals surface area contributed by atoms with Gasteiger partial charge < -0.3 is 20.9 Å². The third-order valence-electron chi connectivity index (χ3n) is 2.48. The second-order valence-corrected chi connectivity index (χ2v) is 3.33. The standard InChI is InChI=1S/C8H17N3O2/c1-6-8(12,3-4-13-6)5-11-7(9)10-2/h6,12H,3-5H2,1-2H3,(H3,9,10,11). The van der Waals surface area contributed by atoms with Crippen molar-refractivity contribution in [1.29, 1.82) is 0 Å². The molecule has 0 saturated carbocycles. The Bertz CT molecular complexity index is 208. The summed E-state index contributed by atoms with van der Waals surface area (Å²) in [5.41, 5.74) is 4.63. The number of nitrogens with one attached hydrogen (secondary N) is 1. The monoisotopic (exact) mass is 187 g/mol. The van der Waals surface area contributed by atoms with Gasteiger partial charge in [0.2, 0.25) is 0 Å². The summed E-state index contributed by atoms with van der Waals surface area (Å²) in [4.78, 5) is 3.74. The summed E-state index contributed by atoms with van der Waals surface area (Å²) >= 11 is 0. The Morgan fingerprint density at radius 2 is 2.54 bits per heavy atom. The second-order valence-electron chi connectivity index (χ2n) is 3.33. The molecule has 1 heterocycles. The first-order valence-corrected chi connectivity index (χ1v) is 4.38. The van der Waals surface area contributed by atoms with Crippen LogP contribution in [-0.2, 0) is 4.74 Å². The Hall–Kier alpha value is -0.810. The summed E-state index contributed by atoms with van der Waals surface area (Å²) in [5.74, 6) is 0.340. The van der Waals surface area contributed by atoms with Gasteiger partial charge in [-0.05, 0) is 6.92 Å². The minimum absolute atomic E-state index is 0.148. The third-order valence-corrected chi connectivity index (χ3v) is 2.48. The van der Waals surface area contributed by atoms with E-state index >= 15 is 0 Å². The molecule has 0 amide bonds. The fraction of sp³-hybridized carbons (Fsp3) is 0.875. The maximum absolute atomic E-state index is 10.0. The first kappa shape index (κ1) is 10.3. The third kappa shape index (κ3) is 2.32. The van der Waals surface area contributed by atoms with Crippen LogP contribution in [-0.4, -0.2) is 43.0 Å². The van der Waals surface area contributed by atoms with Crippen LogP contribution >= 0.6 is 0 Å². The molecule has 4 N–H and O–H groups in total. The van der Waals surface area contributed by atoms with E-state index in [2.05, 4.69) is 10.3 Å². The van der Waals surface area contributed by atoms with Crippen LogP contribution in [0.15, 0.2) is 4.99 Å². The number of ether oxygens (including phenoxy) is 1. The van der Waals surface area contributed by atoms with Gasteiger partial charge in [0, 0.05) is 26.6 Å². The number of aliphatic imine (C=N–C) groups is 1. The number of guanidine groups is 1. The van der Waals surface area contributed by atoms with Gasteiger partial charge in [-0.1, -0.05) is 0 Å². The number of aliphatic hydroxyl groups is 1. The van der Waals surface area contributed by atoms with E-state index in [0.29, 0.717) is 25.5 Å². The summed E-state index contributed by atoms with van der Waals surface area (Å²) < 4.78 is 5.26. The molecule has 2 unspecified atom stereocenters. The van der Waals surface area contributed by atoms with Crippen LogP contribution in [0.2, 0.25) is 0 Å². The molecule has 0 aromatic rings. The fourth-order valence-corrected chi connectivity index (χ4v) is 1.33. The van der Waals surface area contributed by atoms with Crippen molar-refractivity contribution in [2.75, 3.05) is 20.2 Å². The molecule has 5 nitrogen and oxygen atoms in total. The van der Waals surface area contributed by atoms with E-state index in [0.717, 1.165) is 0 Å². The summed E-state index contributed by atoms with van der Waals surface area (Å²) in [5, 5.41) is 12.8. The summed E-state index contributed by atoms with van der Waals surface area (Å²) in [6, 6.07) is 0. The van der Waals surface area contributed by atoms with Gasteiger partial charge in [0.25, 0.3) is 0 Å². The molecule has 1 aliphatic heterocycles. The van der Waals surface area contributed by atoms with Crippen LogP contribution in [0.4, 0.5) is 0 Å². The fourth-order valence-electron chi connectivity index (χ4n) is 1.33. The maximum Gasteiger partial charge on any atom is 0.188 e. The Morgan fingerprint density at radius 3 is 3.00 bits per heavy atom. The van der Waals surface area contributed by atoms with Gasteiger partial charge in [0.15, 0.2) is 5.96 Å². The van der Waals surface area contributed by atoms with E-state index in [1.165, 1.54) is 0 Å². The zero-order chi connectivity index (χ0) is 9.90. The van der Waals surface area contributed by atoms with E-state index in [1.807, 2.05) is 6.92 Å². The molecule has 0 aromatic heterocycles. The molecule has 0 aliphatic carbocycles. The molecule has 0 radical (unpaired) electrons. The SMILES string of the molecule is CN=C(N)NCC1(O)CCOC1C. The normalized spacial score (nSPS) is 35.0. The highest BCUT2D eigenvalue weighted by molar-refractivity contribution is 5.77. The van der Waals surface area contributed by atoms with Crippen LogP contribution in [0.25, 0.3) is 0 Å². The Kier molecular flexibility index (Phi) is 3.11. The van der Waals surface area contributed by atoms with Crippen molar-refractivity contribution in [3.8, 4) is 0 Å². The van der Waals surface area contributed by atoms with Crippen molar-refractivity contribution in [2.45, 2.75) is 25.0 Å². The number of nitrogens with two attached hydrogens (primary N) is 1. The molecule has 2 atom stereocenters. The molecule has 0 bridgehead atoms. The van der Waals surface area contributed by atoms with E-state index in [9.17, 15) is 5.11 Å². The van der Waals surface area contributed by atoms with Gasteiger partial charge >= 0.3 is 0 Å². The van der Waals surface area contributed by atoms with Crippen LogP contribution in [0.1, 0.15) is 13.3 Å². The van der Waals surface area contributed by atoms with Crippen LogP contribution in [0, 0.1) is 0 Å². The van der Waals surface area contributed by atoms with E-state index < -0.39 is 5.60 Å². The van der Waals surface area contributed by atoms with Crippen LogP contribution in [0.5, 0.6) is 0 Å². The van der Waals surface area contributed by atoms with Gasteiger partial charge in [-0.25, -0.2) is 0 Å². The van der Waals surface area contributed by atoms with Crippen molar-refractivity contribution in [3.05, 3.63) is 0 Å². The van der Waals surface area contributed by atoms with E-state index in [-0.39, 0.29) is 6.10 Å². The topological polar surface area (TPSA) is 79.9 Å². The highest BCUT2D eigenvalue weighted by Crippen LogP contribution is 2.24.